The molecule has 2 aliphatic heterocycles. The van der Waals surface area contributed by atoms with Gasteiger partial charge in [0.05, 0.1) is 25.8 Å². The van der Waals surface area contributed by atoms with Crippen LogP contribution < -0.4 is 14.4 Å². The van der Waals surface area contributed by atoms with Crippen LogP contribution in [0.15, 0.2) is 0 Å². The van der Waals surface area contributed by atoms with E-state index < -0.39 is 164 Å². The SMILES string of the molecule is Cc1c(F)c(F)c(F)c(N2C(=O)c3c(F)c(F)c(Oc4c(F)c(F)c(Oc5c(F)c6c(c(F)c5I)C(=O)N(C)C6=O)c(F)c4F)c(F)c3C2=O)c1F. The number of nitrogens with zero attached hydrogens (tertiary/aromatic N) is 2. The second-order valence-corrected chi connectivity index (χ2v) is 11.6. The van der Waals surface area contributed by atoms with Crippen molar-refractivity contribution >= 4 is 51.9 Å². The summed E-state index contributed by atoms with van der Waals surface area (Å²) >= 11 is 0.948. The standard InChI is InChI=1S/C30H6F13IN2O6/c1-3-8(31)14(37)15(38)22(9(3)32)46-29(49)4-7(30(46)50)12(35)23(16(39)10(4)33)51-24-17(40)19(42)25(20(43)18(24)41)52-26-13(36)6-5(11(34)21(26)44)27(47)45(2)28(6)48/h1-2H3. The number of fused-ring (bicyclic) bond motifs is 2. The number of hydrogen-bond donors (Lipinski definition) is 0. The Morgan fingerprint density at radius 1 is 0.423 bits per heavy atom. The van der Waals surface area contributed by atoms with Crippen LogP contribution in [0.25, 0.3) is 0 Å². The van der Waals surface area contributed by atoms with Gasteiger partial charge in [0.15, 0.2) is 52.3 Å². The van der Waals surface area contributed by atoms with Gasteiger partial charge in [-0.1, -0.05) is 0 Å². The van der Waals surface area contributed by atoms with Crippen LogP contribution in [0.1, 0.15) is 47.0 Å². The average Bonchev–Trinajstić information content (AvgIpc) is 3.50. The summed E-state index contributed by atoms with van der Waals surface area (Å²) in [5, 5.41) is 0. The number of carbonyl (C=O) groups is 4. The van der Waals surface area contributed by atoms with Gasteiger partial charge in [0.2, 0.25) is 46.3 Å². The number of hydrogen-bond acceptors (Lipinski definition) is 6. The summed E-state index contributed by atoms with van der Waals surface area (Å²) in [6, 6.07) is 0. The highest BCUT2D eigenvalue weighted by molar-refractivity contribution is 14.1. The molecule has 8 nitrogen and oxygen atoms in total. The maximum absolute atomic E-state index is 15.5. The van der Waals surface area contributed by atoms with E-state index in [9.17, 15) is 41.1 Å². The Balaban J connectivity index is 1.45. The fourth-order valence-corrected chi connectivity index (χ4v) is 5.73. The average molecular weight is 864 g/mol. The van der Waals surface area contributed by atoms with E-state index in [1.54, 1.807) is 0 Å². The lowest BCUT2D eigenvalue weighted by Crippen LogP contribution is -2.32. The molecule has 0 aliphatic carbocycles. The van der Waals surface area contributed by atoms with Crippen molar-refractivity contribution in [2.45, 2.75) is 6.92 Å². The van der Waals surface area contributed by atoms with E-state index in [0.29, 0.717) is 6.92 Å². The molecule has 4 aromatic carbocycles. The zero-order valence-corrected chi connectivity index (χ0v) is 26.8. The molecule has 0 fully saturated rings. The molecule has 0 unspecified atom stereocenters. The van der Waals surface area contributed by atoms with E-state index in [1.165, 1.54) is 0 Å². The Morgan fingerprint density at radius 3 is 1.29 bits per heavy atom. The predicted molar refractivity (Wildman–Crippen MR) is 150 cm³/mol. The molecule has 2 aliphatic rings. The van der Waals surface area contributed by atoms with Gasteiger partial charge < -0.3 is 9.47 Å². The number of ether oxygens (including phenoxy) is 2. The number of imide groups is 2. The Morgan fingerprint density at radius 2 is 0.788 bits per heavy atom. The molecule has 0 saturated carbocycles. The first-order valence-corrected chi connectivity index (χ1v) is 14.4. The normalized spacial score (nSPS) is 13.8. The van der Waals surface area contributed by atoms with Crippen LogP contribution >= 0.6 is 22.6 Å². The van der Waals surface area contributed by atoms with Gasteiger partial charge in [0, 0.05) is 12.6 Å². The summed E-state index contributed by atoms with van der Waals surface area (Å²) in [4.78, 5) is 49.7. The van der Waals surface area contributed by atoms with Crippen molar-refractivity contribution in [1.82, 2.24) is 4.90 Å². The third-order valence-corrected chi connectivity index (χ3v) is 8.67. The maximum atomic E-state index is 15.5. The summed E-state index contributed by atoms with van der Waals surface area (Å²) in [6.45, 7) is 0.502. The highest BCUT2D eigenvalue weighted by atomic mass is 127. The molecule has 0 aromatic heterocycles. The minimum absolute atomic E-state index is 0.254. The molecule has 2 heterocycles. The molecule has 22 heteroatoms. The Kier molecular flexibility index (Phi) is 8.45. The van der Waals surface area contributed by atoms with E-state index in [4.69, 9.17) is 0 Å². The van der Waals surface area contributed by atoms with Crippen LogP contribution in [-0.2, 0) is 0 Å². The van der Waals surface area contributed by atoms with E-state index in [1.807, 2.05) is 0 Å². The molecule has 4 aromatic rings. The van der Waals surface area contributed by atoms with E-state index >= 15 is 35.1 Å². The van der Waals surface area contributed by atoms with Gasteiger partial charge in [-0.15, -0.1) is 0 Å². The monoisotopic (exact) mass is 864 g/mol. The Hall–Kier alpha value is -5.42. The van der Waals surface area contributed by atoms with E-state index in [-0.39, 0.29) is 4.90 Å². The number of halogens is 14. The molecule has 6 rings (SSSR count). The quantitative estimate of drug-likeness (QED) is 0.0664. The molecule has 52 heavy (non-hydrogen) atoms. The molecular weight excluding hydrogens is 858 g/mol. The molecule has 0 spiro atoms. The minimum Gasteiger partial charge on any atom is -0.447 e. The van der Waals surface area contributed by atoms with Crippen LogP contribution in [0.5, 0.6) is 23.0 Å². The molecule has 0 saturated heterocycles. The molecule has 0 radical (unpaired) electrons. The van der Waals surface area contributed by atoms with Crippen molar-refractivity contribution in [3.05, 3.63) is 107 Å². The second kappa shape index (κ2) is 12.1. The topological polar surface area (TPSA) is 93.2 Å². The highest BCUT2D eigenvalue weighted by Gasteiger charge is 2.48. The zero-order chi connectivity index (χ0) is 38.7. The molecular formula is C30H6F13IN2O6. The second-order valence-electron chi connectivity index (χ2n) is 10.5. The molecule has 270 valence electrons. The van der Waals surface area contributed by atoms with Gasteiger partial charge in [-0.2, -0.15) is 22.0 Å². The predicted octanol–water partition coefficient (Wildman–Crippen LogP) is 8.02. The van der Waals surface area contributed by atoms with Crippen molar-refractivity contribution in [2.75, 3.05) is 11.9 Å². The van der Waals surface area contributed by atoms with Crippen LogP contribution in [0.4, 0.5) is 62.8 Å². The first-order valence-electron chi connectivity index (χ1n) is 13.3. The third-order valence-electron chi connectivity index (χ3n) is 7.71. The van der Waals surface area contributed by atoms with E-state index in [0.717, 1.165) is 29.6 Å². The lowest BCUT2D eigenvalue weighted by molar-refractivity contribution is 0.0689. The summed E-state index contributed by atoms with van der Waals surface area (Å²) in [5.41, 5.74) is -9.67. The van der Waals surface area contributed by atoms with Gasteiger partial charge >= 0.3 is 0 Å². The van der Waals surface area contributed by atoms with Gasteiger partial charge in [0.1, 0.15) is 5.69 Å². The summed E-state index contributed by atoms with van der Waals surface area (Å²) in [7, 11) is 0.815. The molecule has 4 amide bonds. The van der Waals surface area contributed by atoms with Crippen LogP contribution in [0, 0.1) is 86.1 Å². The summed E-state index contributed by atoms with van der Waals surface area (Å²) in [6.07, 6.45) is 0. The summed E-state index contributed by atoms with van der Waals surface area (Å²) in [5.74, 6) is -47.8. The first-order chi connectivity index (χ1) is 24.2. The summed E-state index contributed by atoms with van der Waals surface area (Å²) < 4.78 is 201. The smallest absolute Gasteiger partial charge is 0.269 e. The Bertz CT molecular complexity index is 2380. The van der Waals surface area contributed by atoms with Crippen molar-refractivity contribution in [1.29, 1.82) is 0 Å². The lowest BCUT2D eigenvalue weighted by atomic mass is 10.1. The number of anilines is 1. The minimum atomic E-state index is -2.78. The number of amides is 4. The maximum Gasteiger partial charge on any atom is 0.269 e. The number of carbonyl (C=O) groups excluding carboxylic acids is 4. The zero-order valence-electron chi connectivity index (χ0n) is 24.6. The van der Waals surface area contributed by atoms with Gasteiger partial charge in [-0.05, 0) is 29.5 Å². The van der Waals surface area contributed by atoms with Crippen LogP contribution in [0.2, 0.25) is 0 Å². The van der Waals surface area contributed by atoms with Crippen molar-refractivity contribution < 1.29 is 85.7 Å². The lowest BCUT2D eigenvalue weighted by Gasteiger charge is -2.17. The van der Waals surface area contributed by atoms with Crippen molar-refractivity contribution in [2.24, 2.45) is 0 Å². The van der Waals surface area contributed by atoms with Gasteiger partial charge in [-0.25, -0.2) is 40.0 Å². The number of rotatable bonds is 5. The number of benzene rings is 4. The first kappa shape index (κ1) is 36.4. The molecule has 0 bridgehead atoms. The fourth-order valence-electron chi connectivity index (χ4n) is 5.11. The largest absolute Gasteiger partial charge is 0.447 e. The molecule has 0 atom stereocenters. The molecule has 0 N–H and O–H groups in total. The Labute approximate surface area is 291 Å². The van der Waals surface area contributed by atoms with Crippen molar-refractivity contribution in [3.8, 4) is 23.0 Å². The van der Waals surface area contributed by atoms with E-state index in [2.05, 4.69) is 9.47 Å². The van der Waals surface area contributed by atoms with Gasteiger partial charge in [-0.3, -0.25) is 24.1 Å². The fraction of sp³-hybridized carbons (Fsp3) is 0.0667. The van der Waals surface area contributed by atoms with Crippen LogP contribution in [-0.4, -0.2) is 35.6 Å². The highest BCUT2D eigenvalue weighted by Crippen LogP contribution is 2.46. The van der Waals surface area contributed by atoms with Crippen molar-refractivity contribution in [3.63, 3.8) is 0 Å². The van der Waals surface area contributed by atoms with Crippen LogP contribution in [0.3, 0.4) is 0 Å². The van der Waals surface area contributed by atoms with Gasteiger partial charge in [0.25, 0.3) is 23.6 Å². The third kappa shape index (κ3) is 4.67.